The summed E-state index contributed by atoms with van der Waals surface area (Å²) in [6.07, 6.45) is -0.217. The zero-order chi connectivity index (χ0) is 23.8. The van der Waals surface area contributed by atoms with E-state index in [0.717, 1.165) is 17.0 Å². The molecule has 0 radical (unpaired) electrons. The van der Waals surface area contributed by atoms with Crippen LogP contribution in [0.4, 0.5) is 24.5 Å². The monoisotopic (exact) mass is 475 g/mol. The molecule has 7 nitrogen and oxygen atoms in total. The number of anilines is 2. The highest BCUT2D eigenvalue weighted by Crippen LogP contribution is 2.32. The molecule has 0 saturated carbocycles. The van der Waals surface area contributed by atoms with Crippen molar-refractivity contribution in [1.82, 2.24) is 19.3 Å². The van der Waals surface area contributed by atoms with E-state index in [1.54, 1.807) is 37.5 Å². The molecule has 33 heavy (non-hydrogen) atoms. The minimum Gasteiger partial charge on any atom is -0.354 e. The third-order valence-corrected chi connectivity index (χ3v) is 6.73. The van der Waals surface area contributed by atoms with Crippen LogP contribution in [-0.2, 0) is 22.7 Å². The van der Waals surface area contributed by atoms with Gasteiger partial charge in [-0.15, -0.1) is 0 Å². The molecule has 0 aliphatic heterocycles. The molecule has 0 unspecified atom stereocenters. The van der Waals surface area contributed by atoms with Crippen molar-refractivity contribution >= 4 is 32.3 Å². The lowest BCUT2D eigenvalue weighted by molar-refractivity contribution is -0.141. The topological polar surface area (TPSA) is 88.9 Å². The second kappa shape index (κ2) is 8.49. The fourth-order valence-corrected chi connectivity index (χ4v) is 4.84. The van der Waals surface area contributed by atoms with Crippen molar-refractivity contribution in [2.45, 2.75) is 24.5 Å². The maximum Gasteiger partial charge on any atom is 0.433 e. The molecule has 0 amide bonds. The van der Waals surface area contributed by atoms with Crippen molar-refractivity contribution in [3.05, 3.63) is 78.0 Å². The van der Waals surface area contributed by atoms with E-state index in [-0.39, 0.29) is 10.6 Å². The van der Waals surface area contributed by atoms with Crippen molar-refractivity contribution in [2.24, 2.45) is 0 Å². The summed E-state index contributed by atoms with van der Waals surface area (Å²) in [5, 5.41) is 6.79. The van der Waals surface area contributed by atoms with Crippen LogP contribution in [0.5, 0.6) is 0 Å². The average Bonchev–Trinajstić information content (AvgIpc) is 3.14. The molecule has 0 saturated heterocycles. The van der Waals surface area contributed by atoms with Gasteiger partial charge in [-0.25, -0.2) is 17.4 Å². The van der Waals surface area contributed by atoms with Gasteiger partial charge >= 0.3 is 6.18 Å². The number of benzene rings is 1. The van der Waals surface area contributed by atoms with E-state index in [4.69, 9.17) is 0 Å². The summed E-state index contributed by atoms with van der Waals surface area (Å²) < 4.78 is 66.5. The van der Waals surface area contributed by atoms with Gasteiger partial charge in [-0.05, 0) is 55.9 Å². The third kappa shape index (κ3) is 4.41. The molecule has 11 heteroatoms. The van der Waals surface area contributed by atoms with Gasteiger partial charge in [-0.3, -0.25) is 4.98 Å². The maximum atomic E-state index is 13.3. The number of hydrogen-bond donors (Lipinski definition) is 2. The zero-order valence-electron chi connectivity index (χ0n) is 17.7. The summed E-state index contributed by atoms with van der Waals surface area (Å²) in [4.78, 5) is 7.57. The molecule has 0 spiro atoms. The Morgan fingerprint density at radius 1 is 1.12 bits per heavy atom. The Hall–Kier alpha value is -3.44. The molecule has 0 fully saturated rings. The van der Waals surface area contributed by atoms with Gasteiger partial charge in [0.15, 0.2) is 0 Å². The van der Waals surface area contributed by atoms with Gasteiger partial charge in [0.25, 0.3) is 10.0 Å². The van der Waals surface area contributed by atoms with E-state index in [1.807, 2.05) is 0 Å². The van der Waals surface area contributed by atoms with E-state index in [0.29, 0.717) is 23.4 Å². The molecule has 0 aliphatic rings. The fourth-order valence-electron chi connectivity index (χ4n) is 3.49. The van der Waals surface area contributed by atoms with Gasteiger partial charge in [0.2, 0.25) is 0 Å². The van der Waals surface area contributed by atoms with Gasteiger partial charge in [0.1, 0.15) is 10.6 Å². The van der Waals surface area contributed by atoms with Gasteiger partial charge in [-0.2, -0.15) is 13.2 Å². The number of nitrogens with one attached hydrogen (secondary N) is 2. The van der Waals surface area contributed by atoms with Crippen molar-refractivity contribution in [3.8, 4) is 0 Å². The Morgan fingerprint density at radius 3 is 2.55 bits per heavy atom. The zero-order valence-corrected chi connectivity index (χ0v) is 18.5. The summed E-state index contributed by atoms with van der Waals surface area (Å²) >= 11 is 0. The first-order chi connectivity index (χ1) is 15.6. The Balaban J connectivity index is 1.79. The van der Waals surface area contributed by atoms with Crippen LogP contribution in [0.25, 0.3) is 10.9 Å². The average molecular weight is 475 g/mol. The van der Waals surface area contributed by atoms with Crippen LogP contribution >= 0.6 is 0 Å². The number of nitrogens with zero attached hydrogens (tertiary/aromatic N) is 3. The van der Waals surface area contributed by atoms with Crippen LogP contribution in [0.3, 0.4) is 0 Å². The van der Waals surface area contributed by atoms with E-state index < -0.39 is 21.9 Å². The van der Waals surface area contributed by atoms with E-state index >= 15 is 0 Å². The molecule has 4 aromatic rings. The number of fused-ring (bicyclic) bond motifs is 1. The first kappa shape index (κ1) is 22.7. The lowest BCUT2D eigenvalue weighted by atomic mass is 10.1. The molecule has 3 heterocycles. The molecule has 0 bridgehead atoms. The van der Waals surface area contributed by atoms with E-state index in [9.17, 15) is 21.6 Å². The molecular weight excluding hydrogens is 455 g/mol. The predicted molar refractivity (Wildman–Crippen MR) is 119 cm³/mol. The van der Waals surface area contributed by atoms with Gasteiger partial charge in [0, 0.05) is 36.2 Å². The van der Waals surface area contributed by atoms with Crippen LogP contribution in [0.15, 0.2) is 66.0 Å². The number of aryl methyl sites for hydroxylation is 1. The molecule has 0 atom stereocenters. The van der Waals surface area contributed by atoms with Crippen LogP contribution in [0.2, 0.25) is 0 Å². The number of rotatable bonds is 6. The molecule has 3 aromatic heterocycles. The number of aromatic nitrogens is 3. The first-order valence-corrected chi connectivity index (χ1v) is 11.3. The van der Waals surface area contributed by atoms with Gasteiger partial charge in [-0.1, -0.05) is 6.07 Å². The van der Waals surface area contributed by atoms with Gasteiger partial charge in [0.05, 0.1) is 16.9 Å². The van der Waals surface area contributed by atoms with Gasteiger partial charge < -0.3 is 10.6 Å². The second-order valence-corrected chi connectivity index (χ2v) is 9.17. The lowest BCUT2D eigenvalue weighted by Crippen LogP contribution is -2.12. The minimum absolute atomic E-state index is 0.0408. The fraction of sp³-hybridized carbons (Fsp3) is 0.182. The van der Waals surface area contributed by atoms with Crippen LogP contribution < -0.4 is 10.6 Å². The summed E-state index contributed by atoms with van der Waals surface area (Å²) in [7, 11) is -2.16. The summed E-state index contributed by atoms with van der Waals surface area (Å²) in [5.41, 5.74) is 1.27. The van der Waals surface area contributed by atoms with Crippen LogP contribution in [0, 0.1) is 6.92 Å². The summed E-state index contributed by atoms with van der Waals surface area (Å²) in [6, 6.07) is 10.3. The summed E-state index contributed by atoms with van der Waals surface area (Å²) in [5.74, 6) is 0. The molecular formula is C22H20F3N5O2S. The first-order valence-electron chi connectivity index (χ1n) is 9.87. The highest BCUT2D eigenvalue weighted by molar-refractivity contribution is 7.90. The van der Waals surface area contributed by atoms with E-state index in [2.05, 4.69) is 20.6 Å². The SMILES string of the molecule is CNCc1cn(S(=O)(=O)c2cccnc2)c2cc(Nc3ccc(C(F)(F)F)nc3C)ccc12. The van der Waals surface area contributed by atoms with E-state index in [1.165, 1.54) is 35.4 Å². The Bertz CT molecular complexity index is 1420. The number of pyridine rings is 2. The quantitative estimate of drug-likeness (QED) is 0.428. The van der Waals surface area contributed by atoms with Crippen LogP contribution in [0.1, 0.15) is 17.0 Å². The Labute approximate surface area is 188 Å². The normalized spacial score (nSPS) is 12.3. The molecule has 0 aliphatic carbocycles. The molecule has 2 N–H and O–H groups in total. The second-order valence-electron chi connectivity index (χ2n) is 7.36. The largest absolute Gasteiger partial charge is 0.433 e. The molecule has 172 valence electrons. The highest BCUT2D eigenvalue weighted by atomic mass is 32.2. The Kier molecular flexibility index (Phi) is 5.85. The standard InChI is InChI=1S/C22H20F3N5O2S/c1-14-19(7-8-21(28-14)22(23,24)25)29-16-5-6-18-15(11-26-2)13-30(20(18)10-16)33(31,32)17-4-3-9-27-12-17/h3-10,12-13,26,29H,11H2,1-2H3. The Morgan fingerprint density at radius 2 is 1.91 bits per heavy atom. The van der Waals surface area contributed by atoms with Crippen molar-refractivity contribution < 1.29 is 21.6 Å². The summed E-state index contributed by atoms with van der Waals surface area (Å²) in [6.45, 7) is 1.91. The number of alkyl halides is 3. The number of hydrogen-bond acceptors (Lipinski definition) is 6. The third-order valence-electron chi connectivity index (χ3n) is 5.07. The highest BCUT2D eigenvalue weighted by Gasteiger charge is 2.32. The molecule has 4 rings (SSSR count). The lowest BCUT2D eigenvalue weighted by Gasteiger charge is -2.13. The minimum atomic E-state index is -4.53. The number of halogens is 3. The van der Waals surface area contributed by atoms with Crippen molar-refractivity contribution in [1.29, 1.82) is 0 Å². The van der Waals surface area contributed by atoms with Crippen LogP contribution in [-0.4, -0.2) is 29.4 Å². The molecule has 1 aromatic carbocycles. The smallest absolute Gasteiger partial charge is 0.354 e. The van der Waals surface area contributed by atoms with Crippen molar-refractivity contribution in [3.63, 3.8) is 0 Å². The maximum absolute atomic E-state index is 13.3. The van der Waals surface area contributed by atoms with Crippen molar-refractivity contribution in [2.75, 3.05) is 12.4 Å². The predicted octanol–water partition coefficient (Wildman–Crippen LogP) is 4.46.